The quantitative estimate of drug-likeness (QED) is 0.572. The Hall–Kier alpha value is -2.66. The molecule has 0 aliphatic heterocycles. The summed E-state index contributed by atoms with van der Waals surface area (Å²) < 4.78 is 0. The third-order valence-electron chi connectivity index (χ3n) is 2.61. The van der Waals surface area contributed by atoms with Crippen LogP contribution < -0.4 is 0 Å². The fourth-order valence-electron chi connectivity index (χ4n) is 1.64. The number of aromatic carboxylic acids is 1. The van der Waals surface area contributed by atoms with E-state index in [2.05, 4.69) is 15.0 Å². The van der Waals surface area contributed by atoms with Crippen molar-refractivity contribution in [3.8, 4) is 11.4 Å². The zero-order chi connectivity index (χ0) is 18.4. The Morgan fingerprint density at radius 3 is 1.92 bits per heavy atom. The number of hydrogen-bond acceptors (Lipinski definition) is 8. The summed E-state index contributed by atoms with van der Waals surface area (Å²) in [5.74, 6) is -3.64. The predicted octanol–water partition coefficient (Wildman–Crippen LogP) is 1.59. The number of hydrogen-bond donors (Lipinski definition) is 3. The summed E-state index contributed by atoms with van der Waals surface area (Å²) in [6.07, 6.45) is 0. The van der Waals surface area contributed by atoms with Crippen LogP contribution in [0.3, 0.4) is 0 Å². The van der Waals surface area contributed by atoms with Crippen LogP contribution in [0.4, 0.5) is 0 Å². The van der Waals surface area contributed by atoms with Crippen molar-refractivity contribution in [1.82, 2.24) is 15.0 Å². The van der Waals surface area contributed by atoms with E-state index in [1.54, 1.807) is 6.07 Å². The zero-order valence-corrected chi connectivity index (χ0v) is 14.1. The minimum Gasteiger partial charge on any atom is -0.481 e. The number of carboxylic acid groups (broad SMARTS) is 3. The van der Waals surface area contributed by atoms with Gasteiger partial charge in [-0.2, -0.15) is 4.98 Å². The highest BCUT2D eigenvalue weighted by atomic mass is 32.2. The van der Waals surface area contributed by atoms with Crippen LogP contribution in [0.5, 0.6) is 0 Å². The van der Waals surface area contributed by atoms with Gasteiger partial charge in [0, 0.05) is 5.56 Å². The Bertz CT molecular complexity index is 794. The molecule has 0 unspecified atom stereocenters. The SMILES string of the molecule is O=C(O)CSc1nc(SCC(=O)O)nc(-c2cccc(C(=O)O)c2)n1. The van der Waals surface area contributed by atoms with Crippen molar-refractivity contribution in [2.75, 3.05) is 11.5 Å². The van der Waals surface area contributed by atoms with Gasteiger partial charge in [-0.05, 0) is 12.1 Å². The number of benzene rings is 1. The van der Waals surface area contributed by atoms with Crippen LogP contribution in [0.1, 0.15) is 10.4 Å². The van der Waals surface area contributed by atoms with Crippen molar-refractivity contribution in [3.63, 3.8) is 0 Å². The summed E-state index contributed by atoms with van der Waals surface area (Å²) in [6, 6.07) is 5.90. The average molecular weight is 381 g/mol. The van der Waals surface area contributed by atoms with E-state index in [1.807, 2.05) is 0 Å². The van der Waals surface area contributed by atoms with Crippen LogP contribution in [-0.2, 0) is 9.59 Å². The maximum atomic E-state index is 11.1. The van der Waals surface area contributed by atoms with Crippen LogP contribution in [0.2, 0.25) is 0 Å². The van der Waals surface area contributed by atoms with Crippen molar-refractivity contribution >= 4 is 41.4 Å². The molecule has 130 valence electrons. The molecular weight excluding hydrogens is 370 g/mol. The molecule has 0 atom stereocenters. The molecule has 1 heterocycles. The molecule has 0 saturated heterocycles. The summed E-state index contributed by atoms with van der Waals surface area (Å²) in [5.41, 5.74) is 0.439. The number of carbonyl (C=O) groups is 3. The minimum absolute atomic E-state index is 0.0393. The van der Waals surface area contributed by atoms with Crippen LogP contribution in [0.25, 0.3) is 11.4 Å². The molecule has 3 N–H and O–H groups in total. The van der Waals surface area contributed by atoms with Gasteiger partial charge >= 0.3 is 17.9 Å². The van der Waals surface area contributed by atoms with Crippen molar-refractivity contribution in [2.45, 2.75) is 10.3 Å². The Balaban J connectivity index is 2.40. The van der Waals surface area contributed by atoms with Gasteiger partial charge < -0.3 is 15.3 Å². The van der Waals surface area contributed by atoms with Crippen molar-refractivity contribution in [1.29, 1.82) is 0 Å². The first-order valence-electron chi connectivity index (χ1n) is 6.64. The molecule has 11 heteroatoms. The van der Waals surface area contributed by atoms with Gasteiger partial charge in [-0.15, -0.1) is 0 Å². The van der Waals surface area contributed by atoms with Crippen molar-refractivity contribution in [2.24, 2.45) is 0 Å². The summed E-state index contributed by atoms with van der Waals surface area (Å²) >= 11 is 1.71. The standard InChI is InChI=1S/C14H11N3O6S2/c18-9(19)5-24-13-15-11(16-14(17-13)25-6-10(20)21)7-2-1-3-8(4-7)12(22)23/h1-4H,5-6H2,(H,18,19)(H,20,21)(H,22,23). The lowest BCUT2D eigenvalue weighted by Gasteiger charge is -2.06. The fraction of sp³-hybridized carbons (Fsp3) is 0.143. The molecule has 0 fully saturated rings. The van der Waals surface area contributed by atoms with E-state index in [9.17, 15) is 14.4 Å². The van der Waals surface area contributed by atoms with Gasteiger partial charge in [0.25, 0.3) is 0 Å². The lowest BCUT2D eigenvalue weighted by Crippen LogP contribution is -2.05. The smallest absolute Gasteiger partial charge is 0.335 e. The second-order valence-corrected chi connectivity index (χ2v) is 6.36. The second kappa shape index (κ2) is 8.44. The maximum absolute atomic E-state index is 11.1. The highest BCUT2D eigenvalue weighted by molar-refractivity contribution is 8.00. The topological polar surface area (TPSA) is 151 Å². The fourth-order valence-corrected chi connectivity index (χ4v) is 2.81. The highest BCUT2D eigenvalue weighted by Crippen LogP contribution is 2.24. The third-order valence-corrected chi connectivity index (χ3v) is 4.28. The first-order valence-corrected chi connectivity index (χ1v) is 8.61. The third kappa shape index (κ3) is 5.72. The first kappa shape index (κ1) is 18.7. The molecule has 0 saturated carbocycles. The zero-order valence-electron chi connectivity index (χ0n) is 12.4. The van der Waals surface area contributed by atoms with Crippen LogP contribution >= 0.6 is 23.5 Å². The van der Waals surface area contributed by atoms with E-state index >= 15 is 0 Å². The summed E-state index contributed by atoms with van der Waals surface area (Å²) in [5, 5.41) is 26.8. The van der Waals surface area contributed by atoms with Crippen molar-refractivity contribution in [3.05, 3.63) is 29.8 Å². The molecule has 0 bridgehead atoms. The number of rotatable bonds is 8. The number of carboxylic acids is 3. The number of aromatic nitrogens is 3. The van der Waals surface area contributed by atoms with Gasteiger partial charge in [-0.25, -0.2) is 14.8 Å². The maximum Gasteiger partial charge on any atom is 0.335 e. The van der Waals surface area contributed by atoms with E-state index in [4.69, 9.17) is 15.3 Å². The van der Waals surface area contributed by atoms with Gasteiger partial charge in [-0.3, -0.25) is 9.59 Å². The lowest BCUT2D eigenvalue weighted by molar-refractivity contribution is -0.134. The molecule has 0 aliphatic carbocycles. The Morgan fingerprint density at radius 2 is 1.44 bits per heavy atom. The number of thioether (sulfide) groups is 2. The van der Waals surface area contributed by atoms with Crippen LogP contribution in [0.15, 0.2) is 34.6 Å². The van der Waals surface area contributed by atoms with Gasteiger partial charge in [0.1, 0.15) is 0 Å². The Labute approximate surface area is 149 Å². The first-order chi connectivity index (χ1) is 11.8. The van der Waals surface area contributed by atoms with E-state index in [0.29, 0.717) is 5.56 Å². The Kier molecular flexibility index (Phi) is 6.31. The van der Waals surface area contributed by atoms with Crippen LogP contribution in [0, 0.1) is 0 Å². The molecule has 0 amide bonds. The molecule has 9 nitrogen and oxygen atoms in total. The highest BCUT2D eigenvalue weighted by Gasteiger charge is 2.13. The minimum atomic E-state index is -1.11. The molecule has 1 aromatic carbocycles. The largest absolute Gasteiger partial charge is 0.481 e. The number of nitrogens with zero attached hydrogens (tertiary/aromatic N) is 3. The molecule has 0 aliphatic rings. The number of aliphatic carboxylic acids is 2. The Morgan fingerprint density at radius 1 is 0.880 bits per heavy atom. The monoisotopic (exact) mass is 381 g/mol. The van der Waals surface area contributed by atoms with Gasteiger partial charge in [0.05, 0.1) is 17.1 Å². The molecule has 0 radical (unpaired) electrons. The molecule has 0 spiro atoms. The van der Waals surface area contributed by atoms with E-state index < -0.39 is 17.9 Å². The molecular formula is C14H11N3O6S2. The summed E-state index contributed by atoms with van der Waals surface area (Å²) in [6.45, 7) is 0. The van der Waals surface area contributed by atoms with Gasteiger partial charge in [0.2, 0.25) is 0 Å². The molecule has 1 aromatic heterocycles. The summed E-state index contributed by atoms with van der Waals surface area (Å²) in [4.78, 5) is 44.8. The predicted molar refractivity (Wildman–Crippen MR) is 88.9 cm³/mol. The van der Waals surface area contributed by atoms with Crippen LogP contribution in [-0.4, -0.2) is 59.7 Å². The molecule has 2 rings (SSSR count). The summed E-state index contributed by atoms with van der Waals surface area (Å²) in [7, 11) is 0. The van der Waals surface area contributed by atoms with E-state index in [0.717, 1.165) is 23.5 Å². The van der Waals surface area contributed by atoms with Crippen molar-refractivity contribution < 1.29 is 29.7 Å². The van der Waals surface area contributed by atoms with Gasteiger partial charge in [0.15, 0.2) is 16.1 Å². The lowest BCUT2D eigenvalue weighted by atomic mass is 10.1. The van der Waals surface area contributed by atoms with E-state index in [-0.39, 0.29) is 33.2 Å². The molecule has 25 heavy (non-hydrogen) atoms. The second-order valence-electron chi connectivity index (χ2n) is 4.47. The average Bonchev–Trinajstić information content (AvgIpc) is 2.58. The normalized spacial score (nSPS) is 10.4. The van der Waals surface area contributed by atoms with Gasteiger partial charge in [-0.1, -0.05) is 35.7 Å². The van der Waals surface area contributed by atoms with E-state index in [1.165, 1.54) is 18.2 Å². The molecule has 2 aromatic rings.